The van der Waals surface area contributed by atoms with E-state index in [2.05, 4.69) is 36.1 Å². The maximum atomic E-state index is 9.10. The van der Waals surface area contributed by atoms with E-state index in [4.69, 9.17) is 10.8 Å². The van der Waals surface area contributed by atoms with E-state index in [0.717, 1.165) is 19.5 Å². The molecule has 1 aromatic rings. The van der Waals surface area contributed by atoms with Gasteiger partial charge in [-0.1, -0.05) is 29.8 Å². The zero-order valence-electron chi connectivity index (χ0n) is 11.9. The number of nitrogens with two attached hydrogens (primary N) is 1. The number of hydrogen-bond donors (Lipinski definition) is 2. The molecule has 0 spiro atoms. The molecule has 1 aliphatic rings. The lowest BCUT2D eigenvalue weighted by molar-refractivity contribution is 0.110. The fraction of sp³-hybridized carbons (Fsp3) is 0.625. The van der Waals surface area contributed by atoms with Gasteiger partial charge in [-0.2, -0.15) is 0 Å². The molecule has 0 aliphatic carbocycles. The Kier molecular flexibility index (Phi) is 5.37. The Morgan fingerprint density at radius 2 is 2.11 bits per heavy atom. The number of nitrogens with zero attached hydrogens (tertiary/aromatic N) is 1. The molecule has 2 atom stereocenters. The highest BCUT2D eigenvalue weighted by molar-refractivity contribution is 5.24. The van der Waals surface area contributed by atoms with Gasteiger partial charge >= 0.3 is 0 Å². The van der Waals surface area contributed by atoms with Gasteiger partial charge in [0.1, 0.15) is 0 Å². The van der Waals surface area contributed by atoms with Crippen molar-refractivity contribution in [2.24, 2.45) is 11.7 Å². The van der Waals surface area contributed by atoms with Gasteiger partial charge in [0.15, 0.2) is 0 Å². The van der Waals surface area contributed by atoms with Crippen molar-refractivity contribution in [1.29, 1.82) is 0 Å². The third kappa shape index (κ3) is 3.78. The molecule has 0 amide bonds. The Labute approximate surface area is 116 Å². The van der Waals surface area contributed by atoms with Crippen LogP contribution in [0.5, 0.6) is 0 Å². The van der Waals surface area contributed by atoms with Crippen molar-refractivity contribution in [3.63, 3.8) is 0 Å². The number of aliphatic hydroxyl groups excluding tert-OH is 1. The molecule has 1 aliphatic heterocycles. The van der Waals surface area contributed by atoms with E-state index in [-0.39, 0.29) is 0 Å². The van der Waals surface area contributed by atoms with E-state index in [1.54, 1.807) is 0 Å². The summed E-state index contributed by atoms with van der Waals surface area (Å²) in [4.78, 5) is 2.49. The molecule has 3 nitrogen and oxygen atoms in total. The predicted molar refractivity (Wildman–Crippen MR) is 79.0 cm³/mol. The van der Waals surface area contributed by atoms with Crippen molar-refractivity contribution in [2.75, 3.05) is 26.2 Å². The van der Waals surface area contributed by atoms with Crippen LogP contribution in [-0.4, -0.2) is 36.2 Å². The average Bonchev–Trinajstić information content (AvgIpc) is 2.43. The average molecular weight is 262 g/mol. The zero-order valence-corrected chi connectivity index (χ0v) is 11.9. The Morgan fingerprint density at radius 1 is 1.37 bits per heavy atom. The van der Waals surface area contributed by atoms with Gasteiger partial charge in [-0.15, -0.1) is 0 Å². The first-order valence-electron chi connectivity index (χ1n) is 7.36. The van der Waals surface area contributed by atoms with Crippen LogP contribution in [0.3, 0.4) is 0 Å². The molecular formula is C16H26N2O. The van der Waals surface area contributed by atoms with E-state index in [0.29, 0.717) is 25.1 Å². The first kappa shape index (κ1) is 14.5. The van der Waals surface area contributed by atoms with E-state index in [9.17, 15) is 0 Å². The molecule has 0 saturated carbocycles. The summed E-state index contributed by atoms with van der Waals surface area (Å²) in [6, 6.07) is 9.03. The second-order valence-electron chi connectivity index (χ2n) is 5.68. The topological polar surface area (TPSA) is 49.5 Å². The number of piperidine rings is 1. The number of rotatable bonds is 5. The van der Waals surface area contributed by atoms with E-state index in [1.165, 1.54) is 24.0 Å². The predicted octanol–water partition coefficient (Wildman–Crippen LogP) is 2.09. The van der Waals surface area contributed by atoms with Gasteiger partial charge in [0, 0.05) is 25.7 Å². The van der Waals surface area contributed by atoms with Gasteiger partial charge in [0.05, 0.1) is 0 Å². The quantitative estimate of drug-likeness (QED) is 0.854. The second kappa shape index (κ2) is 7.04. The summed E-state index contributed by atoms with van der Waals surface area (Å²) in [5.41, 5.74) is 8.61. The summed E-state index contributed by atoms with van der Waals surface area (Å²) in [6.45, 7) is 5.26. The van der Waals surface area contributed by atoms with Gasteiger partial charge in [-0.05, 0) is 44.2 Å². The molecular weight excluding hydrogens is 236 g/mol. The molecule has 3 N–H and O–H groups in total. The fourth-order valence-corrected chi connectivity index (χ4v) is 3.08. The highest BCUT2D eigenvalue weighted by Crippen LogP contribution is 2.27. The first-order valence-corrected chi connectivity index (χ1v) is 7.36. The summed E-state index contributed by atoms with van der Waals surface area (Å²) in [7, 11) is 0. The molecule has 0 radical (unpaired) electrons. The number of likely N-dealkylation sites (tertiary alicyclic amines) is 1. The van der Waals surface area contributed by atoms with Crippen molar-refractivity contribution in [3.8, 4) is 0 Å². The normalized spacial score (nSPS) is 22.4. The van der Waals surface area contributed by atoms with E-state index < -0.39 is 0 Å². The Balaban J connectivity index is 2.06. The second-order valence-corrected chi connectivity index (χ2v) is 5.68. The van der Waals surface area contributed by atoms with Crippen molar-refractivity contribution in [3.05, 3.63) is 35.4 Å². The minimum Gasteiger partial charge on any atom is -0.396 e. The van der Waals surface area contributed by atoms with Crippen LogP contribution in [0.25, 0.3) is 0 Å². The smallest absolute Gasteiger partial charge is 0.0470 e. The molecule has 1 saturated heterocycles. The van der Waals surface area contributed by atoms with Crippen LogP contribution in [0.2, 0.25) is 0 Å². The van der Waals surface area contributed by atoms with E-state index >= 15 is 0 Å². The van der Waals surface area contributed by atoms with Crippen LogP contribution in [0.1, 0.15) is 36.4 Å². The molecule has 2 rings (SSSR count). The minimum atomic E-state index is 0.302. The van der Waals surface area contributed by atoms with Crippen LogP contribution in [-0.2, 0) is 0 Å². The fourth-order valence-electron chi connectivity index (χ4n) is 3.08. The van der Waals surface area contributed by atoms with E-state index in [1.807, 2.05) is 0 Å². The van der Waals surface area contributed by atoms with Crippen LogP contribution in [0, 0.1) is 12.8 Å². The lowest BCUT2D eigenvalue weighted by atomic mass is 9.92. The van der Waals surface area contributed by atoms with Crippen LogP contribution < -0.4 is 5.73 Å². The lowest BCUT2D eigenvalue weighted by Crippen LogP contribution is -2.41. The lowest BCUT2D eigenvalue weighted by Gasteiger charge is -2.38. The summed E-state index contributed by atoms with van der Waals surface area (Å²) in [5, 5.41) is 9.10. The number of benzene rings is 1. The van der Waals surface area contributed by atoms with Crippen LogP contribution in [0.4, 0.5) is 0 Å². The standard InChI is InChI=1S/C16H26N2O/c1-13-4-6-15(7-5-13)16(11-17)18-9-2-3-14(12-18)8-10-19/h4-7,14,16,19H,2-3,8-12,17H2,1H3. The largest absolute Gasteiger partial charge is 0.396 e. The maximum absolute atomic E-state index is 9.10. The molecule has 19 heavy (non-hydrogen) atoms. The highest BCUT2D eigenvalue weighted by Gasteiger charge is 2.25. The molecule has 1 heterocycles. The number of hydrogen-bond acceptors (Lipinski definition) is 3. The summed E-state index contributed by atoms with van der Waals surface area (Å²) < 4.78 is 0. The third-order valence-electron chi connectivity index (χ3n) is 4.21. The zero-order chi connectivity index (χ0) is 13.7. The summed E-state index contributed by atoms with van der Waals surface area (Å²) >= 11 is 0. The summed E-state index contributed by atoms with van der Waals surface area (Å²) in [5.74, 6) is 0.623. The Bertz CT molecular complexity index is 375. The van der Waals surface area contributed by atoms with Crippen molar-refractivity contribution in [2.45, 2.75) is 32.2 Å². The van der Waals surface area contributed by atoms with Gasteiger partial charge in [-0.25, -0.2) is 0 Å². The molecule has 3 heteroatoms. The van der Waals surface area contributed by atoms with Gasteiger partial charge in [-0.3, -0.25) is 4.90 Å². The van der Waals surface area contributed by atoms with Gasteiger partial charge in [0.2, 0.25) is 0 Å². The van der Waals surface area contributed by atoms with Crippen LogP contribution in [0.15, 0.2) is 24.3 Å². The highest BCUT2D eigenvalue weighted by atomic mass is 16.3. The van der Waals surface area contributed by atoms with Crippen molar-refractivity contribution < 1.29 is 5.11 Å². The SMILES string of the molecule is Cc1ccc(C(CN)N2CCCC(CCO)C2)cc1. The minimum absolute atomic E-state index is 0.302. The molecule has 0 aromatic heterocycles. The van der Waals surface area contributed by atoms with Gasteiger partial charge in [0.25, 0.3) is 0 Å². The van der Waals surface area contributed by atoms with Crippen molar-refractivity contribution in [1.82, 2.24) is 4.90 Å². The number of aliphatic hydroxyl groups is 1. The van der Waals surface area contributed by atoms with Crippen LogP contribution >= 0.6 is 0 Å². The molecule has 106 valence electrons. The number of aryl methyl sites for hydroxylation is 1. The molecule has 0 bridgehead atoms. The summed E-state index contributed by atoms with van der Waals surface area (Å²) in [6.07, 6.45) is 3.37. The third-order valence-corrected chi connectivity index (χ3v) is 4.21. The Hall–Kier alpha value is -0.900. The molecule has 2 unspecified atom stereocenters. The Morgan fingerprint density at radius 3 is 2.74 bits per heavy atom. The van der Waals surface area contributed by atoms with Gasteiger partial charge < -0.3 is 10.8 Å². The monoisotopic (exact) mass is 262 g/mol. The first-order chi connectivity index (χ1) is 9.24. The molecule has 1 aromatic carbocycles. The maximum Gasteiger partial charge on any atom is 0.0470 e. The van der Waals surface area contributed by atoms with Crippen molar-refractivity contribution >= 4 is 0 Å². The molecule has 1 fully saturated rings.